The van der Waals surface area contributed by atoms with Crippen molar-refractivity contribution in [2.45, 2.75) is 70.1 Å². The molecule has 10 heteroatoms. The summed E-state index contributed by atoms with van der Waals surface area (Å²) in [4.78, 5) is 55.8. The molecule has 0 spiro atoms. The van der Waals surface area contributed by atoms with E-state index in [-0.39, 0.29) is 11.2 Å². The van der Waals surface area contributed by atoms with Crippen LogP contribution in [0.2, 0.25) is 0 Å². The molecule has 0 heterocycles. The van der Waals surface area contributed by atoms with Gasteiger partial charge in [0.25, 0.3) is 0 Å². The zero-order valence-electron chi connectivity index (χ0n) is 19.3. The maximum absolute atomic E-state index is 12.7. The summed E-state index contributed by atoms with van der Waals surface area (Å²) in [5.41, 5.74) is 2.13. The lowest BCUT2D eigenvalue weighted by Gasteiger charge is -2.48. The van der Waals surface area contributed by atoms with Crippen LogP contribution in [0.15, 0.2) is 18.2 Å². The summed E-state index contributed by atoms with van der Waals surface area (Å²) < 4.78 is 28.2. The molecule has 1 aromatic rings. The van der Waals surface area contributed by atoms with Gasteiger partial charge in [-0.1, -0.05) is 13.0 Å². The van der Waals surface area contributed by atoms with Gasteiger partial charge in [0.15, 0.2) is 0 Å². The lowest BCUT2D eigenvalue weighted by Crippen LogP contribution is -2.42. The highest BCUT2D eigenvalue weighted by molar-refractivity contribution is 7.57. The average molecular weight is 508 g/mol. The molecule has 2 fully saturated rings. The highest BCUT2D eigenvalue weighted by atomic mass is 31.2. The summed E-state index contributed by atoms with van der Waals surface area (Å²) in [6.07, 6.45) is 4.77. The maximum Gasteiger partial charge on any atom is 0.564 e. The molecule has 2 N–H and O–H groups in total. The van der Waals surface area contributed by atoms with Crippen LogP contribution in [-0.4, -0.2) is 32.7 Å². The molecule has 6 unspecified atom stereocenters. The van der Waals surface area contributed by atoms with E-state index in [0.29, 0.717) is 30.0 Å². The number of benzene rings is 1. The van der Waals surface area contributed by atoms with Crippen LogP contribution in [0.1, 0.15) is 69.4 Å². The van der Waals surface area contributed by atoms with Crippen LogP contribution in [0.4, 0.5) is 0 Å². The quantitative estimate of drug-likeness (QED) is 0.239. The molecule has 2 saturated carbocycles. The normalized spacial score (nSPS) is 30.4. The molecule has 3 aliphatic carbocycles. The molecule has 8 nitrogen and oxygen atoms in total. The van der Waals surface area contributed by atoms with Crippen LogP contribution in [0.5, 0.6) is 5.75 Å². The van der Waals surface area contributed by atoms with E-state index in [9.17, 15) is 33.3 Å². The fraction of sp³-hybridized carbons (Fsp3) is 0.625. The molecule has 34 heavy (non-hydrogen) atoms. The lowest BCUT2D eigenvalue weighted by molar-refractivity contribution is -0.143. The zero-order chi connectivity index (χ0) is 24.8. The van der Waals surface area contributed by atoms with E-state index < -0.39 is 45.5 Å². The number of Topliss-reactive ketones (excluding diaryl/α,β-unsaturated/α-hetero) is 2. The second kappa shape index (κ2) is 9.66. The molecule has 4 rings (SSSR count). The molecule has 0 radical (unpaired) electrons. The third-order valence-corrected chi connectivity index (χ3v) is 11.0. The van der Waals surface area contributed by atoms with Gasteiger partial charge in [-0.05, 0) is 89.2 Å². The van der Waals surface area contributed by atoms with Gasteiger partial charge in [0.05, 0.1) is 6.42 Å². The van der Waals surface area contributed by atoms with Crippen LogP contribution in [-0.2, 0) is 29.9 Å². The van der Waals surface area contributed by atoms with Crippen molar-refractivity contribution >= 4 is 33.6 Å². The van der Waals surface area contributed by atoms with Crippen LogP contribution in [0.25, 0.3) is 0 Å². The minimum Gasteiger partial charge on any atom is -0.426 e. The summed E-state index contributed by atoms with van der Waals surface area (Å²) in [7, 11) is -6.07. The van der Waals surface area contributed by atoms with Gasteiger partial charge in [0.1, 0.15) is 23.2 Å². The standard InChI is InChI=1S/C24H28O8P2/c1-13(25)19(12-22(33(28)29)34(30)31)23(27)32-15-4-6-16-14(11-15)3-5-18-17(16)9-10-24(2)20(18)7-8-21(24)26/h4,6,11,17-20,22H,3,5,7-10,12H2,1-2H3/p+2/t17?,18?,19?,20?,24-/m0/s1. The Hall–Kier alpha value is -1.85. The van der Waals surface area contributed by atoms with Crippen molar-refractivity contribution in [1.29, 1.82) is 0 Å². The second-order valence-electron chi connectivity index (χ2n) is 10.1. The van der Waals surface area contributed by atoms with Crippen molar-refractivity contribution < 1.29 is 38.0 Å². The molecule has 182 valence electrons. The van der Waals surface area contributed by atoms with Gasteiger partial charge in [0, 0.05) is 11.8 Å². The maximum atomic E-state index is 12.7. The lowest BCUT2D eigenvalue weighted by atomic mass is 9.55. The summed E-state index contributed by atoms with van der Waals surface area (Å²) in [6.45, 7) is 3.28. The third kappa shape index (κ3) is 4.54. The smallest absolute Gasteiger partial charge is 0.426 e. The molecule has 0 saturated heterocycles. The molecule has 1 aromatic carbocycles. The number of fused-ring (bicyclic) bond motifs is 5. The number of rotatable bonds is 7. The fourth-order valence-corrected chi connectivity index (χ4v) is 7.94. The predicted molar refractivity (Wildman–Crippen MR) is 124 cm³/mol. The van der Waals surface area contributed by atoms with Crippen LogP contribution in [0.3, 0.4) is 0 Å². The van der Waals surface area contributed by atoms with Gasteiger partial charge < -0.3 is 4.74 Å². The van der Waals surface area contributed by atoms with Gasteiger partial charge >= 0.3 is 27.4 Å². The molecule has 0 aliphatic heterocycles. The molecule has 0 bridgehead atoms. The van der Waals surface area contributed by atoms with Crippen LogP contribution < -0.4 is 4.74 Å². The molecule has 3 aliphatic rings. The first-order valence-corrected chi connectivity index (χ1v) is 14.3. The molecule has 0 amide bonds. The predicted octanol–water partition coefficient (Wildman–Crippen LogP) is 4.41. The number of esters is 1. The average Bonchev–Trinajstić information content (AvgIpc) is 3.07. The van der Waals surface area contributed by atoms with E-state index in [2.05, 4.69) is 6.92 Å². The highest BCUT2D eigenvalue weighted by Crippen LogP contribution is 2.59. The summed E-state index contributed by atoms with van der Waals surface area (Å²) in [6, 6.07) is 5.47. The van der Waals surface area contributed by atoms with Crippen LogP contribution >= 0.6 is 16.1 Å². The van der Waals surface area contributed by atoms with Crippen molar-refractivity contribution in [2.75, 3.05) is 0 Å². The van der Waals surface area contributed by atoms with E-state index in [4.69, 9.17) is 4.74 Å². The van der Waals surface area contributed by atoms with E-state index in [0.717, 1.165) is 44.6 Å². The number of aryl methyl sites for hydroxylation is 1. The second-order valence-corrected chi connectivity index (χ2v) is 13.0. The Kier molecular flexibility index (Phi) is 7.17. The topological polar surface area (TPSA) is 135 Å². The van der Waals surface area contributed by atoms with Gasteiger partial charge in [0.2, 0.25) is 0 Å². The SMILES string of the molecule is CC(=O)C(CC([P+](=O)O)[P+](=O)O)C(=O)Oc1ccc2c(c1)CCC1C2CC[C@]2(C)C(=O)CCC12. The number of carbonyl (C=O) groups excluding carboxylic acids is 3. The fourth-order valence-electron chi connectivity index (χ4n) is 6.48. The van der Waals surface area contributed by atoms with E-state index in [1.807, 2.05) is 12.1 Å². The van der Waals surface area contributed by atoms with E-state index in [1.54, 1.807) is 6.07 Å². The Labute approximate surface area is 200 Å². The Morgan fingerprint density at radius 2 is 1.85 bits per heavy atom. The van der Waals surface area contributed by atoms with Crippen molar-refractivity contribution in [2.24, 2.45) is 23.2 Å². The molecular weight excluding hydrogens is 478 g/mol. The monoisotopic (exact) mass is 508 g/mol. The van der Waals surface area contributed by atoms with E-state index >= 15 is 0 Å². The zero-order valence-corrected chi connectivity index (χ0v) is 21.1. The molecular formula is C24H30O8P2+2. The third-order valence-electron chi connectivity index (χ3n) is 8.36. The van der Waals surface area contributed by atoms with Crippen molar-refractivity contribution in [3.63, 3.8) is 0 Å². The number of carbonyl (C=O) groups is 3. The molecule has 7 atom stereocenters. The van der Waals surface area contributed by atoms with Gasteiger partial charge in [-0.15, -0.1) is 0 Å². The minimum atomic E-state index is -3.03. The molecule has 0 aromatic heterocycles. The number of ether oxygens (including phenoxy) is 1. The van der Waals surface area contributed by atoms with E-state index in [1.165, 1.54) is 5.56 Å². The van der Waals surface area contributed by atoms with Crippen molar-refractivity contribution in [3.05, 3.63) is 29.3 Å². The van der Waals surface area contributed by atoms with Crippen molar-refractivity contribution in [3.8, 4) is 5.75 Å². The Morgan fingerprint density at radius 3 is 2.50 bits per heavy atom. The minimum absolute atomic E-state index is 0.189. The van der Waals surface area contributed by atoms with Gasteiger partial charge in [-0.2, -0.15) is 9.79 Å². The first-order chi connectivity index (χ1) is 16.0. The Balaban J connectivity index is 1.50. The first-order valence-electron chi connectivity index (χ1n) is 11.7. The number of hydrogen-bond donors (Lipinski definition) is 2. The summed E-state index contributed by atoms with van der Waals surface area (Å²) >= 11 is 0. The number of ketones is 2. The largest absolute Gasteiger partial charge is 0.564 e. The number of hydrogen-bond acceptors (Lipinski definition) is 6. The van der Waals surface area contributed by atoms with Crippen LogP contribution in [0, 0.1) is 23.2 Å². The van der Waals surface area contributed by atoms with Crippen molar-refractivity contribution in [1.82, 2.24) is 0 Å². The Morgan fingerprint density at radius 1 is 1.15 bits per heavy atom. The van der Waals surface area contributed by atoms with Gasteiger partial charge in [-0.3, -0.25) is 14.4 Å². The van der Waals surface area contributed by atoms with Gasteiger partial charge in [-0.25, -0.2) is 0 Å². The summed E-state index contributed by atoms with van der Waals surface area (Å²) in [5, 5.41) is -1.58. The first kappa shape index (κ1) is 25.2. The summed E-state index contributed by atoms with van der Waals surface area (Å²) in [5.74, 6) is -0.941. The highest BCUT2D eigenvalue weighted by Gasteiger charge is 2.54. The Bertz CT molecular complexity index is 1060.